The molecule has 1 aliphatic heterocycles. The average molecular weight is 518 g/mol. The molecule has 192 valence electrons. The molecule has 1 unspecified atom stereocenters. The average Bonchev–Trinajstić information content (AvgIpc) is 3.13. The van der Waals surface area contributed by atoms with Crippen molar-refractivity contribution in [3.05, 3.63) is 71.0 Å². The van der Waals surface area contributed by atoms with Crippen LogP contribution in [-0.2, 0) is 20.8 Å². The molecule has 37 heavy (non-hydrogen) atoms. The molecule has 1 atom stereocenters. The van der Waals surface area contributed by atoms with Gasteiger partial charge in [0, 0.05) is 11.5 Å². The van der Waals surface area contributed by atoms with Crippen molar-refractivity contribution >= 4 is 24.0 Å². The summed E-state index contributed by atoms with van der Waals surface area (Å²) >= 11 is 0. The SMILES string of the molecule is CCCC(c1ccc(CCC(=O)[O-])cc1)N1C(=O)C(c2cccc(F)c2)=NC12CCCCC2.NC=O.[Na+]. The molecule has 2 aromatic carbocycles. The van der Waals surface area contributed by atoms with Gasteiger partial charge in [0.25, 0.3) is 5.91 Å². The van der Waals surface area contributed by atoms with E-state index in [9.17, 15) is 19.1 Å². The maximum atomic E-state index is 14.0. The summed E-state index contributed by atoms with van der Waals surface area (Å²) < 4.78 is 14.0. The standard InChI is InChI=1S/C27H31FN2O3.CH3NO.Na/c1-2-7-23(20-13-10-19(11-14-20)12-15-24(31)32)30-26(33)25(21-8-6-9-22(28)18-21)29-27(30)16-4-3-5-17-27;2-1-3;/h6,8-11,13-14,18,23H,2-5,7,12,15-17H2,1H3,(H,31,32);1H,(H2,2,3);/q;;+1/p-1. The fourth-order valence-corrected chi connectivity index (χ4v) is 5.21. The molecule has 4 rings (SSSR count). The van der Waals surface area contributed by atoms with E-state index in [1.807, 2.05) is 29.2 Å². The number of hydrogen-bond acceptors (Lipinski definition) is 5. The molecule has 2 aliphatic rings. The maximum Gasteiger partial charge on any atom is 1.00 e. The van der Waals surface area contributed by atoms with Crippen molar-refractivity contribution < 1.29 is 53.4 Å². The summed E-state index contributed by atoms with van der Waals surface area (Å²) in [7, 11) is 0. The van der Waals surface area contributed by atoms with Crippen molar-refractivity contribution in [2.45, 2.75) is 76.4 Å². The molecule has 1 spiro atoms. The van der Waals surface area contributed by atoms with Crippen molar-refractivity contribution in [3.63, 3.8) is 0 Å². The molecule has 0 bridgehead atoms. The number of halogens is 1. The van der Waals surface area contributed by atoms with E-state index in [1.165, 1.54) is 12.1 Å². The largest absolute Gasteiger partial charge is 1.00 e. The predicted octanol–water partition coefficient (Wildman–Crippen LogP) is 0.447. The van der Waals surface area contributed by atoms with Crippen LogP contribution >= 0.6 is 0 Å². The van der Waals surface area contributed by atoms with Crippen LogP contribution in [0.5, 0.6) is 0 Å². The molecule has 0 radical (unpaired) electrons. The number of rotatable bonds is 8. The molecular formula is C28H33FN3NaO4. The summed E-state index contributed by atoms with van der Waals surface area (Å²) in [5.41, 5.74) is 6.39. The van der Waals surface area contributed by atoms with Crippen LogP contribution < -0.4 is 40.4 Å². The van der Waals surface area contributed by atoms with Crippen LogP contribution in [0.1, 0.15) is 81.0 Å². The Morgan fingerprint density at radius 2 is 1.84 bits per heavy atom. The minimum absolute atomic E-state index is 0. The Labute approximate surface area is 239 Å². The molecule has 2 amide bonds. The topological polar surface area (TPSA) is 116 Å². The fraction of sp³-hybridized carbons (Fsp3) is 0.429. The van der Waals surface area contributed by atoms with Crippen molar-refractivity contribution in [2.24, 2.45) is 10.7 Å². The number of nitrogens with two attached hydrogens (primary N) is 1. The van der Waals surface area contributed by atoms with E-state index in [1.54, 1.807) is 12.1 Å². The second-order valence-electron chi connectivity index (χ2n) is 9.24. The number of amides is 2. The molecule has 0 aromatic heterocycles. The van der Waals surface area contributed by atoms with Crippen LogP contribution in [0, 0.1) is 5.82 Å². The molecular weight excluding hydrogens is 484 g/mol. The molecule has 0 saturated heterocycles. The van der Waals surface area contributed by atoms with Gasteiger partial charge in [0.05, 0.1) is 6.04 Å². The fourth-order valence-electron chi connectivity index (χ4n) is 5.21. The van der Waals surface area contributed by atoms with Gasteiger partial charge in [0.15, 0.2) is 0 Å². The number of benzene rings is 2. The second-order valence-corrected chi connectivity index (χ2v) is 9.24. The first-order valence-corrected chi connectivity index (χ1v) is 12.5. The Morgan fingerprint density at radius 1 is 1.19 bits per heavy atom. The zero-order valence-electron chi connectivity index (χ0n) is 21.6. The van der Waals surface area contributed by atoms with Crippen LogP contribution in [0.4, 0.5) is 4.39 Å². The Morgan fingerprint density at radius 3 is 2.41 bits per heavy atom. The minimum atomic E-state index is -1.06. The van der Waals surface area contributed by atoms with Crippen LogP contribution in [0.25, 0.3) is 0 Å². The third-order valence-corrected chi connectivity index (χ3v) is 6.80. The summed E-state index contributed by atoms with van der Waals surface area (Å²) in [6.45, 7) is 2.10. The van der Waals surface area contributed by atoms with Crippen LogP contribution in [-0.4, -0.2) is 34.6 Å². The first-order chi connectivity index (χ1) is 17.3. The van der Waals surface area contributed by atoms with Gasteiger partial charge in [0.1, 0.15) is 17.2 Å². The van der Waals surface area contributed by atoms with Gasteiger partial charge in [-0.25, -0.2) is 4.39 Å². The number of carbonyl (C=O) groups excluding carboxylic acids is 3. The number of carboxylic acid groups (broad SMARTS) is 1. The van der Waals surface area contributed by atoms with E-state index < -0.39 is 11.6 Å². The number of hydrogen-bond donors (Lipinski definition) is 1. The van der Waals surface area contributed by atoms with E-state index in [-0.39, 0.29) is 60.2 Å². The number of carboxylic acids is 1. The third kappa shape index (κ3) is 7.49. The van der Waals surface area contributed by atoms with Crippen molar-refractivity contribution in [3.8, 4) is 0 Å². The van der Waals surface area contributed by atoms with Gasteiger partial charge in [-0.3, -0.25) is 14.6 Å². The van der Waals surface area contributed by atoms with E-state index in [0.717, 1.165) is 56.1 Å². The zero-order valence-corrected chi connectivity index (χ0v) is 23.6. The van der Waals surface area contributed by atoms with Gasteiger partial charge in [-0.05, 0) is 68.2 Å². The monoisotopic (exact) mass is 517 g/mol. The molecule has 1 saturated carbocycles. The van der Waals surface area contributed by atoms with Crippen LogP contribution in [0.15, 0.2) is 53.5 Å². The zero-order chi connectivity index (χ0) is 26.1. The summed E-state index contributed by atoms with van der Waals surface area (Å²) in [6, 6.07) is 13.8. The van der Waals surface area contributed by atoms with Crippen LogP contribution in [0.2, 0.25) is 0 Å². The Kier molecular flexibility index (Phi) is 11.9. The number of aliphatic carboxylic acids is 1. The molecule has 1 heterocycles. The summed E-state index contributed by atoms with van der Waals surface area (Å²) in [6.07, 6.45) is 7.08. The number of carbonyl (C=O) groups is 3. The first-order valence-electron chi connectivity index (χ1n) is 12.5. The van der Waals surface area contributed by atoms with Gasteiger partial charge in [0.2, 0.25) is 6.41 Å². The number of primary amides is 1. The summed E-state index contributed by atoms with van der Waals surface area (Å²) in [5, 5.41) is 10.8. The third-order valence-electron chi connectivity index (χ3n) is 6.80. The molecule has 1 aliphatic carbocycles. The molecule has 2 aromatic rings. The van der Waals surface area contributed by atoms with E-state index >= 15 is 0 Å². The van der Waals surface area contributed by atoms with Crippen molar-refractivity contribution in [2.75, 3.05) is 0 Å². The maximum absolute atomic E-state index is 14.0. The molecule has 7 nitrogen and oxygen atoms in total. The van der Waals surface area contributed by atoms with Crippen LogP contribution in [0.3, 0.4) is 0 Å². The van der Waals surface area contributed by atoms with E-state index in [2.05, 4.69) is 12.7 Å². The predicted molar refractivity (Wildman–Crippen MR) is 133 cm³/mol. The normalized spacial score (nSPS) is 16.8. The van der Waals surface area contributed by atoms with Gasteiger partial charge >= 0.3 is 29.6 Å². The molecule has 9 heteroatoms. The van der Waals surface area contributed by atoms with Gasteiger partial charge in [-0.2, -0.15) is 0 Å². The second kappa shape index (κ2) is 14.4. The smallest absolute Gasteiger partial charge is 0.550 e. The Hall–Kier alpha value is -2.55. The summed E-state index contributed by atoms with van der Waals surface area (Å²) in [5.74, 6) is -1.58. The number of aryl methyl sites for hydroxylation is 1. The number of aliphatic imine (C=N–C) groups is 1. The Balaban J connectivity index is 0.00000115. The quantitative estimate of drug-likeness (QED) is 0.404. The Bertz CT molecular complexity index is 1100. The number of nitrogens with zero attached hydrogens (tertiary/aromatic N) is 2. The molecule has 2 N–H and O–H groups in total. The van der Waals surface area contributed by atoms with Gasteiger partial charge < -0.3 is 20.5 Å². The van der Waals surface area contributed by atoms with Crippen molar-refractivity contribution in [1.29, 1.82) is 0 Å². The first kappa shape index (κ1) is 30.7. The van der Waals surface area contributed by atoms with E-state index in [4.69, 9.17) is 9.79 Å². The van der Waals surface area contributed by atoms with Gasteiger partial charge in [-0.15, -0.1) is 0 Å². The van der Waals surface area contributed by atoms with Gasteiger partial charge in [-0.1, -0.05) is 56.2 Å². The van der Waals surface area contributed by atoms with E-state index in [0.29, 0.717) is 17.7 Å². The summed E-state index contributed by atoms with van der Waals surface area (Å²) in [4.78, 5) is 40.2. The molecule has 1 fully saturated rings. The minimum Gasteiger partial charge on any atom is -0.550 e. The van der Waals surface area contributed by atoms with Crippen molar-refractivity contribution in [1.82, 2.24) is 4.90 Å².